The monoisotopic (exact) mass is 356 g/mol. The summed E-state index contributed by atoms with van der Waals surface area (Å²) in [6.07, 6.45) is 0. The molecule has 2 aromatic rings. The molecule has 0 saturated carbocycles. The van der Waals surface area contributed by atoms with Crippen molar-refractivity contribution in [3.63, 3.8) is 0 Å². The Labute approximate surface area is 155 Å². The molecule has 0 aliphatic carbocycles. The van der Waals surface area contributed by atoms with E-state index < -0.39 is 0 Å². The molecule has 0 atom stereocenters. The fourth-order valence-electron chi connectivity index (χ4n) is 2.35. The van der Waals surface area contributed by atoms with Gasteiger partial charge in [0.2, 0.25) is 0 Å². The van der Waals surface area contributed by atoms with Crippen LogP contribution in [-0.2, 0) is 11.3 Å². The maximum absolute atomic E-state index is 12.1. The van der Waals surface area contributed by atoms with Crippen LogP contribution in [-0.4, -0.2) is 25.2 Å². The minimum atomic E-state index is -0.207. The third kappa shape index (κ3) is 6.41. The summed E-state index contributed by atoms with van der Waals surface area (Å²) in [6, 6.07) is 13.8. The highest BCUT2D eigenvalue weighted by atomic mass is 16.5. The molecule has 0 saturated heterocycles. The van der Waals surface area contributed by atoms with Crippen molar-refractivity contribution >= 4 is 11.6 Å². The maximum Gasteiger partial charge on any atom is 0.262 e. The van der Waals surface area contributed by atoms with Gasteiger partial charge in [-0.3, -0.25) is 4.79 Å². The predicted molar refractivity (Wildman–Crippen MR) is 105 cm³/mol. The molecule has 5 heteroatoms. The van der Waals surface area contributed by atoms with Crippen LogP contribution in [0.2, 0.25) is 0 Å². The molecule has 2 rings (SSSR count). The molecule has 5 nitrogen and oxygen atoms in total. The topological polar surface area (TPSA) is 59.6 Å². The maximum atomic E-state index is 12.1. The molecule has 0 aliphatic heterocycles. The molecule has 0 unspecified atom stereocenters. The number of hydrogen-bond acceptors (Lipinski definition) is 4. The number of carbonyl (C=O) groups is 1. The summed E-state index contributed by atoms with van der Waals surface area (Å²) in [5, 5.41) is 6.19. The molecule has 0 heterocycles. The first-order valence-corrected chi connectivity index (χ1v) is 8.96. The minimum absolute atomic E-state index is 0.0719. The molecule has 0 bridgehead atoms. The van der Waals surface area contributed by atoms with Gasteiger partial charge in [-0.2, -0.15) is 0 Å². The van der Waals surface area contributed by atoms with E-state index >= 15 is 0 Å². The lowest BCUT2D eigenvalue weighted by Crippen LogP contribution is -2.22. The van der Waals surface area contributed by atoms with Crippen LogP contribution >= 0.6 is 0 Å². The van der Waals surface area contributed by atoms with Gasteiger partial charge >= 0.3 is 0 Å². The lowest BCUT2D eigenvalue weighted by molar-refractivity contribution is -0.118. The highest BCUT2D eigenvalue weighted by Gasteiger charge is 2.10. The largest absolute Gasteiger partial charge is 0.490 e. The van der Waals surface area contributed by atoms with Crippen molar-refractivity contribution in [2.45, 2.75) is 40.3 Å². The summed E-state index contributed by atoms with van der Waals surface area (Å²) in [4.78, 5) is 12.1. The standard InChI is InChI=1S/C21H28N2O3/c1-5-25-20-12-17(13-22-15(2)3)8-11-19(20)26-14-21(24)23-18-9-6-16(4)7-10-18/h6-12,15,22H,5,13-14H2,1-4H3,(H,23,24). The zero-order valence-electron chi connectivity index (χ0n) is 16.0. The van der Waals surface area contributed by atoms with E-state index in [1.807, 2.05) is 56.3 Å². The quantitative estimate of drug-likeness (QED) is 0.715. The molecule has 0 fully saturated rings. The molecule has 2 N–H and O–H groups in total. The van der Waals surface area contributed by atoms with E-state index in [4.69, 9.17) is 9.47 Å². The molecular formula is C21H28N2O3. The average molecular weight is 356 g/mol. The van der Waals surface area contributed by atoms with Crippen LogP contribution in [0.5, 0.6) is 11.5 Å². The van der Waals surface area contributed by atoms with E-state index in [1.54, 1.807) is 0 Å². The lowest BCUT2D eigenvalue weighted by Gasteiger charge is -2.14. The first kappa shape index (κ1) is 19.8. The van der Waals surface area contributed by atoms with Crippen LogP contribution in [0.15, 0.2) is 42.5 Å². The molecular weight excluding hydrogens is 328 g/mol. The van der Waals surface area contributed by atoms with Crippen LogP contribution in [0.25, 0.3) is 0 Å². The molecule has 0 spiro atoms. The van der Waals surface area contributed by atoms with Gasteiger partial charge in [0.15, 0.2) is 18.1 Å². The van der Waals surface area contributed by atoms with Crippen molar-refractivity contribution in [2.75, 3.05) is 18.5 Å². The first-order valence-electron chi connectivity index (χ1n) is 8.96. The summed E-state index contributed by atoms with van der Waals surface area (Å²) in [5.41, 5.74) is 3.01. The Kier molecular flexibility index (Phi) is 7.48. The van der Waals surface area contributed by atoms with Gasteiger partial charge in [0.1, 0.15) is 0 Å². The van der Waals surface area contributed by atoms with Crippen molar-refractivity contribution in [2.24, 2.45) is 0 Å². The van der Waals surface area contributed by atoms with E-state index in [0.29, 0.717) is 24.1 Å². The van der Waals surface area contributed by atoms with Crippen LogP contribution in [0.1, 0.15) is 31.9 Å². The summed E-state index contributed by atoms with van der Waals surface area (Å²) >= 11 is 0. The normalized spacial score (nSPS) is 10.7. The predicted octanol–water partition coefficient (Wildman–Crippen LogP) is 3.91. The number of benzene rings is 2. The average Bonchev–Trinajstić information content (AvgIpc) is 2.61. The van der Waals surface area contributed by atoms with Gasteiger partial charge in [-0.05, 0) is 43.7 Å². The fraction of sp³-hybridized carbons (Fsp3) is 0.381. The van der Waals surface area contributed by atoms with Gasteiger partial charge in [0.25, 0.3) is 5.91 Å². The van der Waals surface area contributed by atoms with E-state index in [9.17, 15) is 4.79 Å². The third-order valence-electron chi connectivity index (χ3n) is 3.72. The summed E-state index contributed by atoms with van der Waals surface area (Å²) in [7, 11) is 0. The number of amides is 1. The molecule has 140 valence electrons. The first-order chi connectivity index (χ1) is 12.5. The number of aryl methyl sites for hydroxylation is 1. The van der Waals surface area contributed by atoms with E-state index in [1.165, 1.54) is 0 Å². The fourth-order valence-corrected chi connectivity index (χ4v) is 2.35. The van der Waals surface area contributed by atoms with Crippen LogP contribution in [0.3, 0.4) is 0 Å². The molecule has 2 aromatic carbocycles. The van der Waals surface area contributed by atoms with Gasteiger partial charge in [-0.25, -0.2) is 0 Å². The molecule has 26 heavy (non-hydrogen) atoms. The second kappa shape index (κ2) is 9.82. The number of rotatable bonds is 9. The van der Waals surface area contributed by atoms with Crippen molar-refractivity contribution in [1.29, 1.82) is 0 Å². The van der Waals surface area contributed by atoms with Gasteiger partial charge in [-0.15, -0.1) is 0 Å². The Morgan fingerprint density at radius 3 is 2.42 bits per heavy atom. The highest BCUT2D eigenvalue weighted by molar-refractivity contribution is 5.91. The SMILES string of the molecule is CCOc1cc(CNC(C)C)ccc1OCC(=O)Nc1ccc(C)cc1. The summed E-state index contributed by atoms with van der Waals surface area (Å²) in [6.45, 7) is 9.36. The van der Waals surface area contributed by atoms with Crippen molar-refractivity contribution < 1.29 is 14.3 Å². The number of nitrogens with one attached hydrogen (secondary N) is 2. The summed E-state index contributed by atoms with van der Waals surface area (Å²) < 4.78 is 11.3. The lowest BCUT2D eigenvalue weighted by atomic mass is 10.2. The van der Waals surface area contributed by atoms with Crippen molar-refractivity contribution in [3.05, 3.63) is 53.6 Å². The number of carbonyl (C=O) groups excluding carboxylic acids is 1. The Morgan fingerprint density at radius 2 is 1.77 bits per heavy atom. The van der Waals surface area contributed by atoms with Crippen molar-refractivity contribution in [3.8, 4) is 11.5 Å². The molecule has 0 aliphatic rings. The van der Waals surface area contributed by atoms with Crippen LogP contribution < -0.4 is 20.1 Å². The van der Waals surface area contributed by atoms with Crippen LogP contribution in [0, 0.1) is 6.92 Å². The van der Waals surface area contributed by atoms with Gasteiger partial charge in [0, 0.05) is 18.3 Å². The van der Waals surface area contributed by atoms with E-state index in [0.717, 1.165) is 23.4 Å². The number of anilines is 1. The molecule has 0 aromatic heterocycles. The van der Waals surface area contributed by atoms with E-state index in [-0.39, 0.29) is 12.5 Å². The smallest absolute Gasteiger partial charge is 0.262 e. The van der Waals surface area contributed by atoms with Gasteiger partial charge in [-0.1, -0.05) is 37.6 Å². The van der Waals surface area contributed by atoms with Crippen LogP contribution in [0.4, 0.5) is 5.69 Å². The Bertz CT molecular complexity index is 712. The zero-order valence-corrected chi connectivity index (χ0v) is 16.0. The Balaban J connectivity index is 1.96. The third-order valence-corrected chi connectivity index (χ3v) is 3.72. The Morgan fingerprint density at radius 1 is 1.04 bits per heavy atom. The van der Waals surface area contributed by atoms with Gasteiger partial charge < -0.3 is 20.1 Å². The molecule has 1 amide bonds. The highest BCUT2D eigenvalue weighted by Crippen LogP contribution is 2.28. The summed E-state index contributed by atoms with van der Waals surface area (Å²) in [5.74, 6) is 1.01. The minimum Gasteiger partial charge on any atom is -0.490 e. The Hall–Kier alpha value is -2.53. The van der Waals surface area contributed by atoms with E-state index in [2.05, 4.69) is 24.5 Å². The van der Waals surface area contributed by atoms with Gasteiger partial charge in [0.05, 0.1) is 6.61 Å². The second-order valence-corrected chi connectivity index (χ2v) is 6.45. The molecule has 0 radical (unpaired) electrons. The number of ether oxygens (including phenoxy) is 2. The second-order valence-electron chi connectivity index (χ2n) is 6.45. The zero-order chi connectivity index (χ0) is 18.9. The number of hydrogen-bond donors (Lipinski definition) is 2. The van der Waals surface area contributed by atoms with Crippen molar-refractivity contribution in [1.82, 2.24) is 5.32 Å².